The monoisotopic (exact) mass is 285 g/mol. The molecule has 2 amide bonds. The number of amides is 2. The number of carbonyl (C=O) groups is 2. The van der Waals surface area contributed by atoms with Gasteiger partial charge in [-0.3, -0.25) is 14.5 Å². The lowest BCUT2D eigenvalue weighted by molar-refractivity contribution is -0.150. The topological polar surface area (TPSA) is 57.6 Å². The van der Waals surface area contributed by atoms with Crippen molar-refractivity contribution in [2.75, 3.05) is 6.61 Å². The lowest BCUT2D eigenvalue weighted by Gasteiger charge is -2.30. The van der Waals surface area contributed by atoms with E-state index in [0.29, 0.717) is 25.7 Å². The number of imide groups is 1. The van der Waals surface area contributed by atoms with Crippen molar-refractivity contribution in [3.8, 4) is 11.8 Å². The number of hydrogen-bond acceptors (Lipinski definition) is 3. The molecule has 0 bridgehead atoms. The quantitative estimate of drug-likeness (QED) is 0.683. The number of piperidine rings is 1. The summed E-state index contributed by atoms with van der Waals surface area (Å²) in [5.41, 5.74) is 1.78. The zero-order valence-corrected chi connectivity index (χ0v) is 12.1. The van der Waals surface area contributed by atoms with Crippen LogP contribution in [-0.2, 0) is 9.59 Å². The normalized spacial score (nSPS) is 16.4. The summed E-state index contributed by atoms with van der Waals surface area (Å²) in [5, 5.41) is 8.68. The molecule has 110 valence electrons. The SMILES string of the molecule is CC(c1ccc(C#CCCO)cc1)N1C(=O)CCCC1=O. The van der Waals surface area contributed by atoms with Gasteiger partial charge >= 0.3 is 0 Å². The van der Waals surface area contributed by atoms with Crippen molar-refractivity contribution in [3.63, 3.8) is 0 Å². The molecule has 0 radical (unpaired) electrons. The molecule has 0 spiro atoms. The van der Waals surface area contributed by atoms with Gasteiger partial charge in [0.05, 0.1) is 12.6 Å². The van der Waals surface area contributed by atoms with E-state index in [2.05, 4.69) is 11.8 Å². The largest absolute Gasteiger partial charge is 0.395 e. The second-order valence-electron chi connectivity index (χ2n) is 5.08. The molecular weight excluding hydrogens is 266 g/mol. The van der Waals surface area contributed by atoms with Crippen molar-refractivity contribution >= 4 is 11.8 Å². The maximum Gasteiger partial charge on any atom is 0.229 e. The lowest BCUT2D eigenvalue weighted by atomic mass is 10.0. The van der Waals surface area contributed by atoms with Gasteiger partial charge in [0.1, 0.15) is 0 Å². The van der Waals surface area contributed by atoms with Gasteiger partial charge in [-0.25, -0.2) is 0 Å². The highest BCUT2D eigenvalue weighted by atomic mass is 16.2. The number of carbonyl (C=O) groups excluding carboxylic acids is 2. The van der Waals surface area contributed by atoms with Crippen molar-refractivity contribution in [1.82, 2.24) is 4.90 Å². The van der Waals surface area contributed by atoms with Crippen LogP contribution in [0.2, 0.25) is 0 Å². The van der Waals surface area contributed by atoms with Gasteiger partial charge < -0.3 is 5.11 Å². The predicted octanol–water partition coefficient (Wildman–Crippen LogP) is 2.02. The van der Waals surface area contributed by atoms with E-state index in [9.17, 15) is 9.59 Å². The van der Waals surface area contributed by atoms with Crippen molar-refractivity contribution in [1.29, 1.82) is 0 Å². The number of rotatable bonds is 3. The van der Waals surface area contributed by atoms with Crippen LogP contribution in [0.4, 0.5) is 0 Å². The number of nitrogens with zero attached hydrogens (tertiary/aromatic N) is 1. The zero-order valence-electron chi connectivity index (χ0n) is 12.1. The molecule has 0 saturated carbocycles. The Morgan fingerprint density at radius 1 is 1.19 bits per heavy atom. The van der Waals surface area contributed by atoms with Gasteiger partial charge in [0.15, 0.2) is 0 Å². The second-order valence-corrected chi connectivity index (χ2v) is 5.08. The van der Waals surface area contributed by atoms with E-state index in [1.165, 1.54) is 4.90 Å². The summed E-state index contributed by atoms with van der Waals surface area (Å²) in [6.07, 6.45) is 2.00. The summed E-state index contributed by atoms with van der Waals surface area (Å²) in [6, 6.07) is 7.28. The first-order chi connectivity index (χ1) is 10.1. The first-order valence-corrected chi connectivity index (χ1v) is 7.18. The van der Waals surface area contributed by atoms with E-state index < -0.39 is 0 Å². The number of aliphatic hydroxyl groups excluding tert-OH is 1. The van der Waals surface area contributed by atoms with E-state index >= 15 is 0 Å². The fourth-order valence-corrected chi connectivity index (χ4v) is 2.42. The molecule has 1 aromatic carbocycles. The van der Waals surface area contributed by atoms with Crippen LogP contribution in [-0.4, -0.2) is 28.4 Å². The van der Waals surface area contributed by atoms with Crippen molar-refractivity contribution in [3.05, 3.63) is 35.4 Å². The van der Waals surface area contributed by atoms with Gasteiger partial charge in [-0.1, -0.05) is 24.0 Å². The molecule has 21 heavy (non-hydrogen) atoms. The standard InChI is InChI=1S/C17H19NO3/c1-13(18-16(20)6-4-7-17(18)21)15-10-8-14(9-11-15)5-2-3-12-19/h8-11,13,19H,3-4,6-7,12H2,1H3. The van der Waals surface area contributed by atoms with Crippen molar-refractivity contribution in [2.24, 2.45) is 0 Å². The van der Waals surface area contributed by atoms with E-state index in [-0.39, 0.29) is 24.5 Å². The molecule has 4 heteroatoms. The fraction of sp³-hybridized carbons (Fsp3) is 0.412. The number of hydrogen-bond donors (Lipinski definition) is 1. The van der Waals surface area contributed by atoms with Crippen LogP contribution in [0.5, 0.6) is 0 Å². The average Bonchev–Trinajstić information content (AvgIpc) is 2.48. The molecule has 4 nitrogen and oxygen atoms in total. The summed E-state index contributed by atoms with van der Waals surface area (Å²) in [7, 11) is 0. The minimum Gasteiger partial charge on any atom is -0.395 e. The molecule has 1 unspecified atom stereocenters. The molecular formula is C17H19NO3. The Kier molecular flexibility index (Phi) is 5.13. The number of likely N-dealkylation sites (tertiary alicyclic amines) is 1. The smallest absolute Gasteiger partial charge is 0.229 e. The van der Waals surface area contributed by atoms with E-state index in [0.717, 1.165) is 11.1 Å². The average molecular weight is 285 g/mol. The van der Waals surface area contributed by atoms with Gasteiger partial charge in [-0.15, -0.1) is 0 Å². The van der Waals surface area contributed by atoms with Crippen LogP contribution in [0.3, 0.4) is 0 Å². The minimum absolute atomic E-state index is 0.0568. The first-order valence-electron chi connectivity index (χ1n) is 7.18. The van der Waals surface area contributed by atoms with Gasteiger partial charge in [0.2, 0.25) is 11.8 Å². The predicted molar refractivity (Wildman–Crippen MR) is 79.1 cm³/mol. The van der Waals surface area contributed by atoms with Crippen LogP contribution in [0.1, 0.15) is 49.8 Å². The molecule has 1 N–H and O–H groups in total. The number of aliphatic hydroxyl groups is 1. The van der Waals surface area contributed by atoms with Gasteiger partial charge in [0, 0.05) is 24.8 Å². The molecule has 1 aromatic rings. The molecule has 1 aliphatic rings. The summed E-state index contributed by atoms with van der Waals surface area (Å²) >= 11 is 0. The molecule has 1 aliphatic heterocycles. The summed E-state index contributed by atoms with van der Waals surface area (Å²) in [4.78, 5) is 25.2. The van der Waals surface area contributed by atoms with Crippen molar-refractivity contribution < 1.29 is 14.7 Å². The van der Waals surface area contributed by atoms with E-state index in [4.69, 9.17) is 5.11 Å². The van der Waals surface area contributed by atoms with E-state index in [1.807, 2.05) is 31.2 Å². The first kappa shape index (κ1) is 15.3. The van der Waals surface area contributed by atoms with Crippen LogP contribution < -0.4 is 0 Å². The molecule has 1 atom stereocenters. The summed E-state index contributed by atoms with van der Waals surface area (Å²) < 4.78 is 0. The minimum atomic E-state index is -0.246. The van der Waals surface area contributed by atoms with Crippen molar-refractivity contribution in [2.45, 2.75) is 38.6 Å². The third-order valence-corrected chi connectivity index (χ3v) is 3.57. The molecule has 2 rings (SSSR count). The third-order valence-electron chi connectivity index (χ3n) is 3.57. The maximum absolute atomic E-state index is 11.9. The molecule has 1 saturated heterocycles. The summed E-state index contributed by atoms with van der Waals surface area (Å²) in [5.74, 6) is 5.63. The zero-order chi connectivity index (χ0) is 15.2. The highest BCUT2D eigenvalue weighted by Crippen LogP contribution is 2.25. The van der Waals surface area contributed by atoms with Crippen LogP contribution in [0.15, 0.2) is 24.3 Å². The number of benzene rings is 1. The Labute approximate surface area is 124 Å². The highest BCUT2D eigenvalue weighted by Gasteiger charge is 2.30. The molecule has 0 aliphatic carbocycles. The molecule has 1 heterocycles. The Morgan fingerprint density at radius 3 is 2.38 bits per heavy atom. The lowest BCUT2D eigenvalue weighted by Crippen LogP contribution is -2.41. The fourth-order valence-electron chi connectivity index (χ4n) is 2.42. The van der Waals surface area contributed by atoms with Crippen LogP contribution in [0.25, 0.3) is 0 Å². The second kappa shape index (κ2) is 7.05. The van der Waals surface area contributed by atoms with E-state index in [1.54, 1.807) is 0 Å². The summed E-state index contributed by atoms with van der Waals surface area (Å²) in [6.45, 7) is 1.93. The Balaban J connectivity index is 2.12. The molecule has 0 aromatic heterocycles. The Hall–Kier alpha value is -2.12. The maximum atomic E-state index is 11.9. The van der Waals surface area contributed by atoms with Crippen LogP contribution in [0, 0.1) is 11.8 Å². The van der Waals surface area contributed by atoms with Gasteiger partial charge in [-0.2, -0.15) is 0 Å². The highest BCUT2D eigenvalue weighted by molar-refractivity contribution is 5.97. The van der Waals surface area contributed by atoms with Gasteiger partial charge in [-0.05, 0) is 31.0 Å². The van der Waals surface area contributed by atoms with Gasteiger partial charge in [0.25, 0.3) is 0 Å². The molecule has 1 fully saturated rings. The Bertz CT molecular complexity index is 564. The third kappa shape index (κ3) is 3.71. The Morgan fingerprint density at radius 2 is 1.81 bits per heavy atom. The van der Waals surface area contributed by atoms with Crippen LogP contribution >= 0.6 is 0 Å².